The van der Waals surface area contributed by atoms with E-state index in [2.05, 4.69) is 10.4 Å². The minimum Gasteiger partial charge on any atom is -0.311 e. The lowest BCUT2D eigenvalue weighted by Crippen LogP contribution is -2.27. The van der Waals surface area contributed by atoms with Crippen LogP contribution in [0.2, 0.25) is 0 Å². The molecule has 1 aromatic heterocycles. The topological polar surface area (TPSA) is 46.9 Å². The van der Waals surface area contributed by atoms with Crippen LogP contribution in [-0.4, -0.2) is 15.7 Å². The molecule has 4 nitrogen and oxygen atoms in total. The Labute approximate surface area is 147 Å². The van der Waals surface area contributed by atoms with E-state index >= 15 is 0 Å². The standard InChI is InChI=1S/C19H25F2N3O/c1-7-17(25)22-16-11-15(23-24(16)18(2,3)4)19(5,6)12-8-13(20)10-14(21)9-12/h8-11H,7H2,1-6H3,(H,22,25). The van der Waals surface area contributed by atoms with Crippen molar-refractivity contribution in [3.05, 3.63) is 47.2 Å². The number of halogens is 2. The second-order valence-corrected chi connectivity index (χ2v) is 7.68. The Kier molecular flexibility index (Phi) is 5.02. The largest absolute Gasteiger partial charge is 0.311 e. The number of hydrogen-bond acceptors (Lipinski definition) is 2. The van der Waals surface area contributed by atoms with Gasteiger partial charge in [0.05, 0.1) is 11.2 Å². The van der Waals surface area contributed by atoms with E-state index in [1.54, 1.807) is 17.7 Å². The lowest BCUT2D eigenvalue weighted by molar-refractivity contribution is -0.115. The molecule has 1 aromatic carbocycles. The van der Waals surface area contributed by atoms with Crippen molar-refractivity contribution < 1.29 is 13.6 Å². The summed E-state index contributed by atoms with van der Waals surface area (Å²) in [6, 6.07) is 5.23. The second kappa shape index (κ2) is 6.58. The van der Waals surface area contributed by atoms with E-state index in [-0.39, 0.29) is 11.4 Å². The quantitative estimate of drug-likeness (QED) is 0.877. The fourth-order valence-corrected chi connectivity index (χ4v) is 2.58. The lowest BCUT2D eigenvalue weighted by Gasteiger charge is -2.25. The fraction of sp³-hybridized carbons (Fsp3) is 0.474. The Morgan fingerprint density at radius 2 is 1.64 bits per heavy atom. The Morgan fingerprint density at radius 3 is 2.12 bits per heavy atom. The van der Waals surface area contributed by atoms with Crippen molar-refractivity contribution in [3.8, 4) is 0 Å². The van der Waals surface area contributed by atoms with Gasteiger partial charge in [-0.1, -0.05) is 20.8 Å². The molecule has 2 rings (SSSR count). The molecule has 0 aliphatic carbocycles. The molecule has 25 heavy (non-hydrogen) atoms. The zero-order chi connectivity index (χ0) is 19.0. The number of carbonyl (C=O) groups is 1. The molecular weight excluding hydrogens is 324 g/mol. The highest BCUT2D eigenvalue weighted by atomic mass is 19.1. The maximum absolute atomic E-state index is 13.6. The molecule has 1 heterocycles. The van der Waals surface area contributed by atoms with Crippen LogP contribution in [0.25, 0.3) is 0 Å². The van der Waals surface area contributed by atoms with Crippen LogP contribution in [0.5, 0.6) is 0 Å². The summed E-state index contributed by atoms with van der Waals surface area (Å²) in [6.07, 6.45) is 0.350. The van der Waals surface area contributed by atoms with Gasteiger partial charge in [0.2, 0.25) is 5.91 Å². The first-order chi connectivity index (χ1) is 11.4. The predicted molar refractivity (Wildman–Crippen MR) is 94.6 cm³/mol. The minimum atomic E-state index is -0.731. The molecule has 0 saturated carbocycles. The van der Waals surface area contributed by atoms with Crippen molar-refractivity contribution in [2.75, 3.05) is 5.32 Å². The summed E-state index contributed by atoms with van der Waals surface area (Å²) in [6.45, 7) is 11.4. The van der Waals surface area contributed by atoms with Gasteiger partial charge in [-0.15, -0.1) is 0 Å². The SMILES string of the molecule is CCC(=O)Nc1cc(C(C)(C)c2cc(F)cc(F)c2)nn1C(C)(C)C. The highest BCUT2D eigenvalue weighted by molar-refractivity contribution is 5.89. The summed E-state index contributed by atoms with van der Waals surface area (Å²) in [5.74, 6) is -0.804. The van der Waals surface area contributed by atoms with Crippen LogP contribution in [0.4, 0.5) is 14.6 Å². The van der Waals surface area contributed by atoms with Crippen LogP contribution >= 0.6 is 0 Å². The van der Waals surface area contributed by atoms with E-state index in [0.29, 0.717) is 23.5 Å². The monoisotopic (exact) mass is 349 g/mol. The molecule has 0 fully saturated rings. The van der Waals surface area contributed by atoms with E-state index in [1.165, 1.54) is 12.1 Å². The molecule has 0 atom stereocenters. The molecule has 0 radical (unpaired) electrons. The van der Waals surface area contributed by atoms with Gasteiger partial charge in [0.25, 0.3) is 0 Å². The van der Waals surface area contributed by atoms with E-state index in [9.17, 15) is 13.6 Å². The number of anilines is 1. The van der Waals surface area contributed by atoms with Crippen LogP contribution in [0.15, 0.2) is 24.3 Å². The van der Waals surface area contributed by atoms with Crippen LogP contribution in [0.3, 0.4) is 0 Å². The van der Waals surface area contributed by atoms with Gasteiger partial charge in [-0.05, 0) is 38.5 Å². The van der Waals surface area contributed by atoms with Gasteiger partial charge in [0.1, 0.15) is 17.5 Å². The third kappa shape index (κ3) is 4.06. The molecule has 136 valence electrons. The zero-order valence-electron chi connectivity index (χ0n) is 15.6. The van der Waals surface area contributed by atoms with Crippen LogP contribution in [-0.2, 0) is 15.7 Å². The van der Waals surface area contributed by atoms with E-state index in [0.717, 1.165) is 6.07 Å². The smallest absolute Gasteiger partial charge is 0.225 e. The normalized spacial score (nSPS) is 12.3. The number of benzene rings is 1. The van der Waals surface area contributed by atoms with Crippen molar-refractivity contribution in [1.82, 2.24) is 9.78 Å². The average Bonchev–Trinajstić information content (AvgIpc) is 2.90. The Morgan fingerprint density at radius 1 is 1.08 bits per heavy atom. The van der Waals surface area contributed by atoms with Crippen molar-refractivity contribution in [2.45, 2.75) is 58.9 Å². The average molecular weight is 349 g/mol. The first-order valence-electron chi connectivity index (χ1n) is 8.32. The summed E-state index contributed by atoms with van der Waals surface area (Å²) >= 11 is 0. The molecule has 1 amide bonds. The molecule has 6 heteroatoms. The van der Waals surface area contributed by atoms with Gasteiger partial charge in [-0.25, -0.2) is 13.5 Å². The van der Waals surface area contributed by atoms with Gasteiger partial charge in [0, 0.05) is 24.0 Å². The third-order valence-corrected chi connectivity index (χ3v) is 4.16. The summed E-state index contributed by atoms with van der Waals surface area (Å²) in [4.78, 5) is 11.8. The van der Waals surface area contributed by atoms with E-state index in [1.807, 2.05) is 34.6 Å². The minimum absolute atomic E-state index is 0.119. The lowest BCUT2D eigenvalue weighted by atomic mass is 9.81. The summed E-state index contributed by atoms with van der Waals surface area (Å²) in [5.41, 5.74) is 0.0129. The van der Waals surface area contributed by atoms with Gasteiger partial charge in [-0.3, -0.25) is 4.79 Å². The number of nitrogens with zero attached hydrogens (tertiary/aromatic N) is 2. The van der Waals surface area contributed by atoms with Crippen LogP contribution in [0.1, 0.15) is 59.2 Å². The Hall–Kier alpha value is -2.24. The second-order valence-electron chi connectivity index (χ2n) is 7.68. The molecule has 0 aliphatic heterocycles. The van der Waals surface area contributed by atoms with Gasteiger partial charge in [-0.2, -0.15) is 5.10 Å². The van der Waals surface area contributed by atoms with Crippen molar-refractivity contribution in [2.24, 2.45) is 0 Å². The van der Waals surface area contributed by atoms with Crippen LogP contribution < -0.4 is 5.32 Å². The number of amides is 1. The summed E-state index contributed by atoms with van der Waals surface area (Å²) < 4.78 is 29.0. The molecule has 0 aliphatic rings. The third-order valence-electron chi connectivity index (χ3n) is 4.16. The molecular formula is C19H25F2N3O. The maximum Gasteiger partial charge on any atom is 0.225 e. The highest BCUT2D eigenvalue weighted by Crippen LogP contribution is 2.34. The fourth-order valence-electron chi connectivity index (χ4n) is 2.58. The predicted octanol–water partition coefficient (Wildman–Crippen LogP) is 4.59. The molecule has 0 saturated heterocycles. The van der Waals surface area contributed by atoms with E-state index in [4.69, 9.17) is 0 Å². The number of rotatable bonds is 4. The molecule has 1 N–H and O–H groups in total. The number of carbonyl (C=O) groups excluding carboxylic acids is 1. The molecule has 0 spiro atoms. The zero-order valence-corrected chi connectivity index (χ0v) is 15.6. The Bertz CT molecular complexity index is 768. The number of aromatic nitrogens is 2. The van der Waals surface area contributed by atoms with Crippen molar-refractivity contribution in [1.29, 1.82) is 0 Å². The van der Waals surface area contributed by atoms with Gasteiger partial charge < -0.3 is 5.32 Å². The van der Waals surface area contributed by atoms with Crippen molar-refractivity contribution in [3.63, 3.8) is 0 Å². The van der Waals surface area contributed by atoms with E-state index < -0.39 is 17.0 Å². The number of hydrogen-bond donors (Lipinski definition) is 1. The van der Waals surface area contributed by atoms with Crippen molar-refractivity contribution >= 4 is 11.7 Å². The highest BCUT2D eigenvalue weighted by Gasteiger charge is 2.31. The summed E-state index contributed by atoms with van der Waals surface area (Å²) in [7, 11) is 0. The Balaban J connectivity index is 2.55. The molecule has 0 bridgehead atoms. The van der Waals surface area contributed by atoms with Crippen LogP contribution in [0, 0.1) is 11.6 Å². The first-order valence-corrected chi connectivity index (χ1v) is 8.32. The summed E-state index contributed by atoms with van der Waals surface area (Å²) in [5, 5.41) is 7.48. The van der Waals surface area contributed by atoms with Gasteiger partial charge in [0.15, 0.2) is 0 Å². The molecule has 0 unspecified atom stereocenters. The maximum atomic E-state index is 13.6. The first kappa shape index (κ1) is 19.1. The number of nitrogens with one attached hydrogen (secondary N) is 1. The molecule has 2 aromatic rings. The van der Waals surface area contributed by atoms with Gasteiger partial charge >= 0.3 is 0 Å².